The zero-order valence-electron chi connectivity index (χ0n) is 16.9. The summed E-state index contributed by atoms with van der Waals surface area (Å²) in [4.78, 5) is 12.3. The minimum Gasteiger partial charge on any atom is -0.378 e. The molecule has 1 aromatic carbocycles. The summed E-state index contributed by atoms with van der Waals surface area (Å²) in [7, 11) is 1.50. The topological polar surface area (TPSA) is 68.2 Å². The van der Waals surface area contributed by atoms with Crippen molar-refractivity contribution in [3.05, 3.63) is 46.0 Å². The molecule has 1 atom stereocenters. The van der Waals surface area contributed by atoms with E-state index in [9.17, 15) is 13.6 Å². The lowest BCUT2D eigenvalue weighted by molar-refractivity contribution is -0.0465. The van der Waals surface area contributed by atoms with Gasteiger partial charge in [0.1, 0.15) is 11.5 Å². The van der Waals surface area contributed by atoms with Crippen LogP contribution >= 0.6 is 11.6 Å². The number of nitrogens with one attached hydrogen (secondary N) is 2. The number of aromatic nitrogens is 2. The van der Waals surface area contributed by atoms with Gasteiger partial charge in [0.2, 0.25) is 0 Å². The molecule has 164 valence electrons. The van der Waals surface area contributed by atoms with Gasteiger partial charge < -0.3 is 15.4 Å². The summed E-state index contributed by atoms with van der Waals surface area (Å²) in [5.74, 6) is 1.19. The highest BCUT2D eigenvalue weighted by Gasteiger charge is 2.55. The van der Waals surface area contributed by atoms with Crippen molar-refractivity contribution in [3.8, 4) is 11.8 Å². The highest BCUT2D eigenvalue weighted by Crippen LogP contribution is 2.44. The molecule has 0 spiro atoms. The van der Waals surface area contributed by atoms with Crippen molar-refractivity contribution < 1.29 is 22.7 Å². The lowest BCUT2D eigenvalue weighted by Gasteiger charge is -2.40. The Hall–Kier alpha value is -2.70. The van der Waals surface area contributed by atoms with Gasteiger partial charge in [0, 0.05) is 43.0 Å². The number of methoxy groups -OCH3 is 1. The number of benzene rings is 1. The number of hydrogen-bond acceptors (Lipinski definition) is 3. The summed E-state index contributed by atoms with van der Waals surface area (Å²) in [6.45, 7) is 0.835. The number of anilines is 1. The number of carbonyl (C=O) groups is 1. The lowest BCUT2D eigenvalue weighted by atomic mass is 9.81. The maximum absolute atomic E-state index is 15.0. The van der Waals surface area contributed by atoms with Gasteiger partial charge >= 0.3 is 6.03 Å². The van der Waals surface area contributed by atoms with Crippen molar-refractivity contribution in [2.24, 2.45) is 5.92 Å². The Morgan fingerprint density at radius 1 is 1.42 bits per heavy atom. The van der Waals surface area contributed by atoms with Gasteiger partial charge in [0.25, 0.3) is 5.92 Å². The zero-order valence-corrected chi connectivity index (χ0v) is 17.6. The fraction of sp³-hybridized carbons (Fsp3) is 0.429. The van der Waals surface area contributed by atoms with E-state index in [2.05, 4.69) is 27.6 Å². The highest BCUT2D eigenvalue weighted by atomic mass is 35.5. The van der Waals surface area contributed by atoms with E-state index >= 15 is 4.39 Å². The third-order valence-electron chi connectivity index (χ3n) is 5.24. The van der Waals surface area contributed by atoms with Gasteiger partial charge in [0.15, 0.2) is 5.54 Å². The van der Waals surface area contributed by atoms with E-state index in [0.29, 0.717) is 17.6 Å². The Morgan fingerprint density at radius 2 is 2.16 bits per heavy atom. The van der Waals surface area contributed by atoms with E-state index in [1.165, 1.54) is 24.1 Å². The molecule has 31 heavy (non-hydrogen) atoms. The van der Waals surface area contributed by atoms with E-state index in [0.717, 1.165) is 18.9 Å². The molecule has 0 saturated heterocycles. The second kappa shape index (κ2) is 7.77. The van der Waals surface area contributed by atoms with E-state index in [1.807, 2.05) is 0 Å². The molecule has 1 aliphatic carbocycles. The Bertz CT molecular complexity index is 1100. The van der Waals surface area contributed by atoms with Crippen LogP contribution < -0.4 is 10.6 Å². The predicted molar refractivity (Wildman–Crippen MR) is 108 cm³/mol. The molecule has 1 aliphatic heterocycles. The Balaban J connectivity index is 1.76. The Labute approximate surface area is 182 Å². The minimum absolute atomic E-state index is 0.0180. The summed E-state index contributed by atoms with van der Waals surface area (Å²) >= 11 is 6.10. The molecule has 10 heteroatoms. The summed E-state index contributed by atoms with van der Waals surface area (Å²) in [5.41, 5.74) is -1.74. The summed E-state index contributed by atoms with van der Waals surface area (Å²) < 4.78 is 51.0. The van der Waals surface area contributed by atoms with Crippen molar-refractivity contribution in [2.45, 2.75) is 44.4 Å². The van der Waals surface area contributed by atoms with Gasteiger partial charge in [-0.15, -0.1) is 0 Å². The number of alkyl halides is 2. The van der Waals surface area contributed by atoms with Gasteiger partial charge in [0.05, 0.1) is 18.2 Å². The predicted octanol–water partition coefficient (Wildman–Crippen LogP) is 4.27. The standard InChI is InChI=1S/C21H20ClF3N4O2/c1-20(24,25)21(6-5-12-3-4-12)14-8-16(23)13(7-17(14)26-19(30)27-21)9-29-10-15(22)18(28-29)11-31-2/h7-8,10,12H,3-4,9,11H2,1-2H3,(H2,26,27,30)/t21-/m0/s1. The second-order valence-electron chi connectivity index (χ2n) is 7.80. The van der Waals surface area contributed by atoms with Crippen molar-refractivity contribution in [1.82, 2.24) is 15.1 Å². The number of carbonyl (C=O) groups excluding carboxylic acids is 1. The molecule has 0 bridgehead atoms. The van der Waals surface area contributed by atoms with Crippen LogP contribution in [0.1, 0.15) is 36.6 Å². The van der Waals surface area contributed by atoms with Gasteiger partial charge in [-0.25, -0.2) is 18.0 Å². The minimum atomic E-state index is -3.46. The van der Waals surface area contributed by atoms with Crippen LogP contribution in [-0.4, -0.2) is 28.8 Å². The van der Waals surface area contributed by atoms with Crippen LogP contribution in [0.4, 0.5) is 23.7 Å². The number of nitrogens with zero attached hydrogens (tertiary/aromatic N) is 2. The number of halogens is 4. The van der Waals surface area contributed by atoms with Gasteiger partial charge in [-0.05, 0) is 25.0 Å². The van der Waals surface area contributed by atoms with Crippen LogP contribution in [0.2, 0.25) is 5.02 Å². The molecule has 1 fully saturated rings. The first-order valence-electron chi connectivity index (χ1n) is 9.66. The molecule has 0 unspecified atom stereocenters. The van der Waals surface area contributed by atoms with Crippen LogP contribution in [0.5, 0.6) is 0 Å². The third-order valence-corrected chi connectivity index (χ3v) is 5.56. The van der Waals surface area contributed by atoms with E-state index in [-0.39, 0.29) is 35.9 Å². The number of rotatable bonds is 5. The van der Waals surface area contributed by atoms with Crippen molar-refractivity contribution in [2.75, 3.05) is 12.4 Å². The van der Waals surface area contributed by atoms with Crippen LogP contribution in [0.3, 0.4) is 0 Å². The number of amides is 2. The van der Waals surface area contributed by atoms with Crippen LogP contribution in [-0.2, 0) is 23.4 Å². The number of ether oxygens (including phenoxy) is 1. The molecular formula is C21H20ClF3N4O2. The molecule has 1 saturated carbocycles. The van der Waals surface area contributed by atoms with Gasteiger partial charge in [-0.2, -0.15) is 5.10 Å². The fourth-order valence-corrected chi connectivity index (χ4v) is 3.67. The monoisotopic (exact) mass is 452 g/mol. The molecular weight excluding hydrogens is 433 g/mol. The molecule has 4 rings (SSSR count). The van der Waals surface area contributed by atoms with Crippen LogP contribution in [0, 0.1) is 23.6 Å². The van der Waals surface area contributed by atoms with E-state index < -0.39 is 23.3 Å². The number of urea groups is 1. The van der Waals surface area contributed by atoms with Crippen molar-refractivity contribution in [1.29, 1.82) is 0 Å². The third kappa shape index (κ3) is 4.10. The molecule has 2 aromatic rings. The number of hydrogen-bond donors (Lipinski definition) is 2. The average molecular weight is 453 g/mol. The quantitative estimate of drug-likeness (QED) is 0.666. The van der Waals surface area contributed by atoms with Crippen LogP contribution in [0.25, 0.3) is 0 Å². The molecule has 2 heterocycles. The maximum Gasteiger partial charge on any atom is 0.320 e. The molecule has 1 aromatic heterocycles. The summed E-state index contributed by atoms with van der Waals surface area (Å²) in [6.07, 6.45) is 3.16. The average Bonchev–Trinajstić information content (AvgIpc) is 3.44. The van der Waals surface area contributed by atoms with Crippen molar-refractivity contribution in [3.63, 3.8) is 0 Å². The van der Waals surface area contributed by atoms with Gasteiger partial charge in [-0.3, -0.25) is 4.68 Å². The fourth-order valence-electron chi connectivity index (χ4n) is 3.46. The van der Waals surface area contributed by atoms with E-state index in [4.69, 9.17) is 16.3 Å². The smallest absolute Gasteiger partial charge is 0.320 e. The van der Waals surface area contributed by atoms with Crippen molar-refractivity contribution >= 4 is 23.3 Å². The zero-order chi connectivity index (χ0) is 22.4. The van der Waals surface area contributed by atoms with Crippen LogP contribution in [0.15, 0.2) is 18.3 Å². The highest BCUT2D eigenvalue weighted by molar-refractivity contribution is 6.31. The second-order valence-corrected chi connectivity index (χ2v) is 8.21. The lowest BCUT2D eigenvalue weighted by Crippen LogP contribution is -2.59. The molecule has 0 radical (unpaired) electrons. The first-order chi connectivity index (χ1) is 14.6. The Morgan fingerprint density at radius 3 is 2.81 bits per heavy atom. The normalized spacial score (nSPS) is 20.4. The SMILES string of the molecule is COCc1nn(Cc2cc3c(cc2F)[C@@](C#CC2CC2)(C(C)(F)F)NC(=O)N3)cc1Cl. The summed E-state index contributed by atoms with van der Waals surface area (Å²) in [6, 6.07) is 1.49. The molecule has 2 amide bonds. The van der Waals surface area contributed by atoms with Gasteiger partial charge in [-0.1, -0.05) is 23.4 Å². The molecule has 2 N–H and O–H groups in total. The maximum atomic E-state index is 15.0. The Kier molecular flexibility index (Phi) is 5.40. The summed E-state index contributed by atoms with van der Waals surface area (Å²) in [5, 5.41) is 9.32. The number of fused-ring (bicyclic) bond motifs is 1. The first kappa shape index (κ1) is 21.5. The van der Waals surface area contributed by atoms with E-state index in [1.54, 1.807) is 0 Å². The largest absolute Gasteiger partial charge is 0.378 e. The first-order valence-corrected chi connectivity index (χ1v) is 10.0. The molecule has 2 aliphatic rings. The molecule has 6 nitrogen and oxygen atoms in total.